The SMILES string of the molecule is COC(=O)C(CO)NC(=O)CCc1ccc(Cl)cc1Cl. The lowest BCUT2D eigenvalue weighted by molar-refractivity contribution is -0.146. The van der Waals surface area contributed by atoms with E-state index in [-0.39, 0.29) is 12.3 Å². The third-order valence-electron chi connectivity index (χ3n) is 2.64. The van der Waals surface area contributed by atoms with E-state index in [1.54, 1.807) is 18.2 Å². The molecule has 0 saturated heterocycles. The molecular weight excluding hydrogens is 305 g/mol. The number of hydrogen-bond acceptors (Lipinski definition) is 4. The summed E-state index contributed by atoms with van der Waals surface area (Å²) in [5.74, 6) is -1.06. The molecule has 0 heterocycles. The number of esters is 1. The fourth-order valence-electron chi connectivity index (χ4n) is 1.56. The summed E-state index contributed by atoms with van der Waals surface area (Å²) in [5.41, 5.74) is 0.782. The largest absolute Gasteiger partial charge is 0.467 e. The molecule has 1 amide bonds. The second kappa shape index (κ2) is 8.09. The van der Waals surface area contributed by atoms with E-state index >= 15 is 0 Å². The fourth-order valence-corrected chi connectivity index (χ4v) is 2.06. The number of nitrogens with one attached hydrogen (secondary N) is 1. The number of rotatable bonds is 6. The molecule has 1 unspecified atom stereocenters. The van der Waals surface area contributed by atoms with Gasteiger partial charge in [0.15, 0.2) is 6.04 Å². The number of aliphatic hydroxyl groups excluding tert-OH is 1. The van der Waals surface area contributed by atoms with Crippen LogP contribution in [-0.4, -0.2) is 36.7 Å². The molecular formula is C13H15Cl2NO4. The summed E-state index contributed by atoms with van der Waals surface area (Å²) in [6.45, 7) is -0.514. The minimum absolute atomic E-state index is 0.134. The van der Waals surface area contributed by atoms with Crippen molar-refractivity contribution in [2.24, 2.45) is 0 Å². The number of aliphatic hydroxyl groups is 1. The van der Waals surface area contributed by atoms with Gasteiger partial charge in [0.25, 0.3) is 0 Å². The van der Waals surface area contributed by atoms with Crippen molar-refractivity contribution in [1.29, 1.82) is 0 Å². The second-order valence-corrected chi connectivity index (χ2v) is 4.91. The van der Waals surface area contributed by atoms with E-state index < -0.39 is 18.6 Å². The molecule has 0 fully saturated rings. The van der Waals surface area contributed by atoms with Crippen molar-refractivity contribution in [3.05, 3.63) is 33.8 Å². The molecule has 0 aliphatic rings. The van der Waals surface area contributed by atoms with Crippen LogP contribution in [0.4, 0.5) is 0 Å². The van der Waals surface area contributed by atoms with Crippen LogP contribution in [0.15, 0.2) is 18.2 Å². The number of hydrogen-bond donors (Lipinski definition) is 2. The molecule has 0 spiro atoms. The first kappa shape index (κ1) is 16.8. The molecule has 20 heavy (non-hydrogen) atoms. The van der Waals surface area contributed by atoms with E-state index in [2.05, 4.69) is 10.1 Å². The molecule has 7 heteroatoms. The highest BCUT2D eigenvalue weighted by atomic mass is 35.5. The van der Waals surface area contributed by atoms with Crippen molar-refractivity contribution in [2.45, 2.75) is 18.9 Å². The fraction of sp³-hybridized carbons (Fsp3) is 0.385. The van der Waals surface area contributed by atoms with Gasteiger partial charge in [-0.1, -0.05) is 29.3 Å². The summed E-state index contributed by atoms with van der Waals surface area (Å²) < 4.78 is 4.45. The maximum absolute atomic E-state index is 11.7. The topological polar surface area (TPSA) is 75.6 Å². The molecule has 1 rings (SSSR count). The van der Waals surface area contributed by atoms with Crippen LogP contribution in [0.25, 0.3) is 0 Å². The Morgan fingerprint density at radius 2 is 2.10 bits per heavy atom. The van der Waals surface area contributed by atoms with Crippen molar-refractivity contribution in [3.8, 4) is 0 Å². The van der Waals surface area contributed by atoms with Crippen molar-refractivity contribution < 1.29 is 19.4 Å². The van der Waals surface area contributed by atoms with Crippen LogP contribution in [-0.2, 0) is 20.7 Å². The number of aryl methyl sites for hydroxylation is 1. The van der Waals surface area contributed by atoms with E-state index in [1.807, 2.05) is 0 Å². The van der Waals surface area contributed by atoms with E-state index in [1.165, 1.54) is 7.11 Å². The molecule has 0 aliphatic carbocycles. The first-order chi connectivity index (χ1) is 9.47. The van der Waals surface area contributed by atoms with Gasteiger partial charge in [0.2, 0.25) is 5.91 Å². The maximum atomic E-state index is 11.7. The predicted octanol–water partition coefficient (Wildman–Crippen LogP) is 1.58. The molecule has 0 bridgehead atoms. The molecule has 0 saturated carbocycles. The van der Waals surface area contributed by atoms with Crippen LogP contribution in [0.5, 0.6) is 0 Å². The standard InChI is InChI=1S/C13H15Cl2NO4/c1-20-13(19)11(7-17)16-12(18)5-3-8-2-4-9(14)6-10(8)15/h2,4,6,11,17H,3,5,7H2,1H3,(H,16,18). The lowest BCUT2D eigenvalue weighted by atomic mass is 10.1. The minimum atomic E-state index is -1.05. The first-order valence-electron chi connectivity index (χ1n) is 5.90. The lowest BCUT2D eigenvalue weighted by Gasteiger charge is -2.13. The highest BCUT2D eigenvalue weighted by molar-refractivity contribution is 6.35. The zero-order valence-electron chi connectivity index (χ0n) is 10.9. The first-order valence-corrected chi connectivity index (χ1v) is 6.65. The van der Waals surface area contributed by atoms with Crippen LogP contribution in [0.1, 0.15) is 12.0 Å². The van der Waals surface area contributed by atoms with Crippen molar-refractivity contribution in [3.63, 3.8) is 0 Å². The van der Waals surface area contributed by atoms with Gasteiger partial charge in [-0.25, -0.2) is 4.79 Å². The number of carbonyl (C=O) groups is 2. The second-order valence-electron chi connectivity index (χ2n) is 4.06. The minimum Gasteiger partial charge on any atom is -0.467 e. The predicted molar refractivity (Wildman–Crippen MR) is 75.8 cm³/mol. The molecule has 1 atom stereocenters. The smallest absolute Gasteiger partial charge is 0.330 e. The van der Waals surface area contributed by atoms with E-state index in [0.29, 0.717) is 16.5 Å². The Hall–Kier alpha value is -1.30. The molecule has 5 nitrogen and oxygen atoms in total. The number of carbonyl (C=O) groups excluding carboxylic acids is 2. The van der Waals surface area contributed by atoms with Crippen LogP contribution in [0.2, 0.25) is 10.0 Å². The van der Waals surface area contributed by atoms with Gasteiger partial charge in [0.1, 0.15) is 0 Å². The molecule has 0 radical (unpaired) electrons. The Morgan fingerprint density at radius 3 is 2.65 bits per heavy atom. The Bertz CT molecular complexity index is 493. The summed E-state index contributed by atoms with van der Waals surface area (Å²) in [7, 11) is 1.19. The average molecular weight is 320 g/mol. The Balaban J connectivity index is 2.52. The van der Waals surface area contributed by atoms with E-state index in [4.69, 9.17) is 28.3 Å². The van der Waals surface area contributed by atoms with Gasteiger partial charge in [-0.3, -0.25) is 4.79 Å². The van der Waals surface area contributed by atoms with Gasteiger partial charge in [-0.05, 0) is 24.1 Å². The lowest BCUT2D eigenvalue weighted by Crippen LogP contribution is -2.44. The van der Waals surface area contributed by atoms with Gasteiger partial charge in [0, 0.05) is 16.5 Å². The molecule has 0 aliphatic heterocycles. The molecule has 1 aromatic carbocycles. The summed E-state index contributed by atoms with van der Waals surface area (Å²) in [6.07, 6.45) is 0.538. The van der Waals surface area contributed by atoms with Crippen LogP contribution in [0, 0.1) is 0 Å². The van der Waals surface area contributed by atoms with Gasteiger partial charge in [-0.2, -0.15) is 0 Å². The van der Waals surface area contributed by atoms with Crippen molar-refractivity contribution >= 4 is 35.1 Å². The average Bonchev–Trinajstić information content (AvgIpc) is 2.43. The number of amides is 1. The number of ether oxygens (including phenoxy) is 1. The number of benzene rings is 1. The van der Waals surface area contributed by atoms with Crippen LogP contribution < -0.4 is 5.32 Å². The normalized spacial score (nSPS) is 11.8. The van der Waals surface area contributed by atoms with Crippen molar-refractivity contribution in [1.82, 2.24) is 5.32 Å². The number of halogens is 2. The number of methoxy groups -OCH3 is 1. The molecule has 2 N–H and O–H groups in total. The quantitative estimate of drug-likeness (QED) is 0.780. The van der Waals surface area contributed by atoms with Gasteiger partial charge >= 0.3 is 5.97 Å². The molecule has 0 aromatic heterocycles. The summed E-state index contributed by atoms with van der Waals surface area (Å²) in [5, 5.41) is 12.4. The van der Waals surface area contributed by atoms with Gasteiger partial charge in [-0.15, -0.1) is 0 Å². The highest BCUT2D eigenvalue weighted by Crippen LogP contribution is 2.21. The summed E-state index contributed by atoms with van der Waals surface area (Å²) in [4.78, 5) is 22.9. The van der Waals surface area contributed by atoms with E-state index in [0.717, 1.165) is 5.56 Å². The zero-order valence-corrected chi connectivity index (χ0v) is 12.4. The third kappa shape index (κ3) is 5.00. The summed E-state index contributed by atoms with van der Waals surface area (Å²) in [6, 6.07) is 3.97. The zero-order chi connectivity index (χ0) is 15.1. The van der Waals surface area contributed by atoms with Crippen molar-refractivity contribution in [2.75, 3.05) is 13.7 Å². The van der Waals surface area contributed by atoms with Crippen LogP contribution >= 0.6 is 23.2 Å². The molecule has 1 aromatic rings. The van der Waals surface area contributed by atoms with Crippen LogP contribution in [0.3, 0.4) is 0 Å². The maximum Gasteiger partial charge on any atom is 0.330 e. The van der Waals surface area contributed by atoms with E-state index in [9.17, 15) is 9.59 Å². The third-order valence-corrected chi connectivity index (χ3v) is 3.23. The van der Waals surface area contributed by atoms with Gasteiger partial charge < -0.3 is 15.2 Å². The van der Waals surface area contributed by atoms with Gasteiger partial charge in [0.05, 0.1) is 13.7 Å². The summed E-state index contributed by atoms with van der Waals surface area (Å²) >= 11 is 11.8. The Kier molecular flexibility index (Phi) is 6.78. The molecule has 110 valence electrons. The Labute approximate surface area is 126 Å². The Morgan fingerprint density at radius 1 is 1.40 bits per heavy atom. The highest BCUT2D eigenvalue weighted by Gasteiger charge is 2.20. The monoisotopic (exact) mass is 319 g/mol.